The molecule has 6 nitrogen and oxygen atoms in total. The number of carbonyl (C=O) groups is 1. The quantitative estimate of drug-likeness (QED) is 0.855. The van der Waals surface area contributed by atoms with Crippen molar-refractivity contribution in [2.24, 2.45) is 0 Å². The number of benzene rings is 1. The Labute approximate surface area is 131 Å². The lowest BCUT2D eigenvalue weighted by molar-refractivity contribution is 0.0519. The van der Waals surface area contributed by atoms with Gasteiger partial charge in [-0.2, -0.15) is 0 Å². The molecule has 0 aliphatic rings. The lowest BCUT2D eigenvalue weighted by atomic mass is 10.2. The van der Waals surface area contributed by atoms with Crippen molar-refractivity contribution in [1.29, 1.82) is 0 Å². The van der Waals surface area contributed by atoms with Gasteiger partial charge in [-0.1, -0.05) is 0 Å². The van der Waals surface area contributed by atoms with E-state index in [-0.39, 0.29) is 30.2 Å². The van der Waals surface area contributed by atoms with E-state index in [0.29, 0.717) is 0 Å². The normalized spacial score (nSPS) is 10.4. The number of phenols is 1. The summed E-state index contributed by atoms with van der Waals surface area (Å²) in [5.41, 5.74) is -0.720. The zero-order valence-corrected chi connectivity index (χ0v) is 12.7. The highest BCUT2D eigenvalue weighted by atomic mass is 19.1. The van der Waals surface area contributed by atoms with E-state index in [1.165, 1.54) is 18.3 Å². The topological polar surface area (TPSA) is 77.8 Å². The van der Waals surface area contributed by atoms with Crippen molar-refractivity contribution in [2.45, 2.75) is 13.8 Å². The van der Waals surface area contributed by atoms with Gasteiger partial charge in [-0.05, 0) is 32.0 Å². The standard InChI is InChI=1S/C16H16FNO5/c1-3-22-13-7-8-18(10-5-6-11(17)12(19)9-10)15(20)14(13)16(21)23-4-2/h5-9,19H,3-4H2,1-2H3. The molecule has 0 radical (unpaired) electrons. The predicted molar refractivity (Wildman–Crippen MR) is 80.8 cm³/mol. The fourth-order valence-electron chi connectivity index (χ4n) is 2.04. The number of hydrogen-bond donors (Lipinski definition) is 1. The average Bonchev–Trinajstić information content (AvgIpc) is 2.51. The van der Waals surface area contributed by atoms with Gasteiger partial charge < -0.3 is 14.6 Å². The molecule has 122 valence electrons. The van der Waals surface area contributed by atoms with Crippen LogP contribution in [0.4, 0.5) is 4.39 Å². The Hall–Kier alpha value is -2.83. The number of pyridine rings is 1. The van der Waals surface area contributed by atoms with Crippen LogP contribution in [0.3, 0.4) is 0 Å². The molecule has 0 amide bonds. The number of rotatable bonds is 5. The van der Waals surface area contributed by atoms with Crippen LogP contribution < -0.4 is 10.3 Å². The Morgan fingerprint density at radius 1 is 1.26 bits per heavy atom. The molecule has 0 saturated carbocycles. The summed E-state index contributed by atoms with van der Waals surface area (Å²) in [4.78, 5) is 24.6. The number of nitrogens with zero attached hydrogens (tertiary/aromatic N) is 1. The van der Waals surface area contributed by atoms with E-state index >= 15 is 0 Å². The first-order chi connectivity index (χ1) is 11.0. The van der Waals surface area contributed by atoms with Gasteiger partial charge in [-0.3, -0.25) is 9.36 Å². The molecule has 1 aromatic heterocycles. The van der Waals surface area contributed by atoms with Crippen LogP contribution in [0.1, 0.15) is 24.2 Å². The molecule has 2 aromatic rings. The van der Waals surface area contributed by atoms with E-state index in [1.54, 1.807) is 13.8 Å². The Bertz CT molecular complexity index is 785. The summed E-state index contributed by atoms with van der Waals surface area (Å²) in [7, 11) is 0. The lowest BCUT2D eigenvalue weighted by Gasteiger charge is -2.12. The second kappa shape index (κ2) is 6.95. The van der Waals surface area contributed by atoms with Crippen molar-refractivity contribution in [1.82, 2.24) is 4.57 Å². The third kappa shape index (κ3) is 3.33. The average molecular weight is 321 g/mol. The number of halogens is 1. The molecule has 1 N–H and O–H groups in total. The van der Waals surface area contributed by atoms with Gasteiger partial charge in [0, 0.05) is 12.3 Å². The van der Waals surface area contributed by atoms with Crippen molar-refractivity contribution < 1.29 is 23.8 Å². The third-order valence-electron chi connectivity index (χ3n) is 3.04. The zero-order chi connectivity index (χ0) is 17.0. The van der Waals surface area contributed by atoms with Crippen LogP contribution >= 0.6 is 0 Å². The zero-order valence-electron chi connectivity index (χ0n) is 12.7. The number of aromatic nitrogens is 1. The first kappa shape index (κ1) is 16.5. The summed E-state index contributed by atoms with van der Waals surface area (Å²) in [6.45, 7) is 3.72. The van der Waals surface area contributed by atoms with E-state index in [2.05, 4.69) is 0 Å². The van der Waals surface area contributed by atoms with Crippen LogP contribution in [0, 0.1) is 5.82 Å². The van der Waals surface area contributed by atoms with E-state index in [1.807, 2.05) is 0 Å². The Morgan fingerprint density at radius 2 is 2.00 bits per heavy atom. The molecule has 7 heteroatoms. The van der Waals surface area contributed by atoms with Gasteiger partial charge in [-0.15, -0.1) is 0 Å². The number of ether oxygens (including phenoxy) is 2. The highest BCUT2D eigenvalue weighted by Crippen LogP contribution is 2.21. The molecule has 0 spiro atoms. The van der Waals surface area contributed by atoms with Gasteiger partial charge in [-0.25, -0.2) is 9.18 Å². The van der Waals surface area contributed by atoms with Crippen molar-refractivity contribution in [2.75, 3.05) is 13.2 Å². The van der Waals surface area contributed by atoms with Gasteiger partial charge >= 0.3 is 5.97 Å². The molecule has 0 aliphatic carbocycles. The lowest BCUT2D eigenvalue weighted by Crippen LogP contribution is -2.27. The maximum absolute atomic E-state index is 13.2. The highest BCUT2D eigenvalue weighted by Gasteiger charge is 2.21. The molecule has 0 bridgehead atoms. The van der Waals surface area contributed by atoms with E-state index in [4.69, 9.17) is 9.47 Å². The summed E-state index contributed by atoms with van der Waals surface area (Å²) in [6.07, 6.45) is 1.38. The van der Waals surface area contributed by atoms with E-state index in [9.17, 15) is 19.1 Å². The molecule has 23 heavy (non-hydrogen) atoms. The molecule has 1 aromatic carbocycles. The number of aromatic hydroxyl groups is 1. The highest BCUT2D eigenvalue weighted by molar-refractivity contribution is 5.92. The van der Waals surface area contributed by atoms with E-state index in [0.717, 1.165) is 16.7 Å². The smallest absolute Gasteiger partial charge is 0.347 e. The first-order valence-electron chi connectivity index (χ1n) is 7.04. The number of esters is 1. The second-order valence-electron chi connectivity index (χ2n) is 4.52. The summed E-state index contributed by atoms with van der Waals surface area (Å²) in [5, 5.41) is 9.45. The summed E-state index contributed by atoms with van der Waals surface area (Å²) in [5.74, 6) is -2.10. The molecular weight excluding hydrogens is 305 g/mol. The Kier molecular flexibility index (Phi) is 5.00. The van der Waals surface area contributed by atoms with Crippen molar-refractivity contribution in [3.63, 3.8) is 0 Å². The van der Waals surface area contributed by atoms with Crippen LogP contribution in [0.5, 0.6) is 11.5 Å². The minimum atomic E-state index is -0.807. The minimum absolute atomic E-state index is 0.107. The predicted octanol–water partition coefficient (Wildman–Crippen LogP) is 2.26. The van der Waals surface area contributed by atoms with Gasteiger partial charge in [0.05, 0.1) is 18.9 Å². The van der Waals surface area contributed by atoms with Crippen molar-refractivity contribution >= 4 is 5.97 Å². The van der Waals surface area contributed by atoms with Gasteiger partial charge in [0.25, 0.3) is 5.56 Å². The van der Waals surface area contributed by atoms with E-state index < -0.39 is 23.1 Å². The monoisotopic (exact) mass is 321 g/mol. The fourth-order valence-corrected chi connectivity index (χ4v) is 2.04. The summed E-state index contributed by atoms with van der Waals surface area (Å²) < 4.78 is 24.4. The number of phenolic OH excluding ortho intramolecular Hbond substituents is 1. The number of carbonyl (C=O) groups excluding carboxylic acids is 1. The Morgan fingerprint density at radius 3 is 2.61 bits per heavy atom. The molecule has 0 fully saturated rings. The van der Waals surface area contributed by atoms with Gasteiger partial charge in [0.2, 0.25) is 0 Å². The SMILES string of the molecule is CCOC(=O)c1c(OCC)ccn(-c2ccc(F)c(O)c2)c1=O. The molecule has 0 unspecified atom stereocenters. The van der Waals surface area contributed by atoms with Crippen molar-refractivity contribution in [3.8, 4) is 17.2 Å². The van der Waals surface area contributed by atoms with Crippen LogP contribution in [0.2, 0.25) is 0 Å². The largest absolute Gasteiger partial charge is 0.505 e. The third-order valence-corrected chi connectivity index (χ3v) is 3.04. The number of hydrogen-bond acceptors (Lipinski definition) is 5. The minimum Gasteiger partial charge on any atom is -0.505 e. The van der Waals surface area contributed by atoms with Crippen LogP contribution in [0.25, 0.3) is 5.69 Å². The first-order valence-corrected chi connectivity index (χ1v) is 7.04. The van der Waals surface area contributed by atoms with Crippen molar-refractivity contribution in [3.05, 3.63) is 52.2 Å². The molecule has 0 saturated heterocycles. The van der Waals surface area contributed by atoms with Crippen LogP contribution in [-0.4, -0.2) is 28.9 Å². The maximum atomic E-state index is 13.2. The molecule has 2 rings (SSSR count). The molecular formula is C16H16FNO5. The molecule has 0 atom stereocenters. The fraction of sp³-hybridized carbons (Fsp3) is 0.250. The Balaban J connectivity index is 2.62. The summed E-state index contributed by atoms with van der Waals surface area (Å²) in [6, 6.07) is 4.87. The van der Waals surface area contributed by atoms with Gasteiger partial charge in [0.15, 0.2) is 17.1 Å². The maximum Gasteiger partial charge on any atom is 0.347 e. The van der Waals surface area contributed by atoms with Gasteiger partial charge in [0.1, 0.15) is 5.75 Å². The van der Waals surface area contributed by atoms with Crippen LogP contribution in [-0.2, 0) is 4.74 Å². The molecule has 1 heterocycles. The summed E-state index contributed by atoms with van der Waals surface area (Å²) >= 11 is 0. The van der Waals surface area contributed by atoms with Crippen LogP contribution in [0.15, 0.2) is 35.3 Å². The molecule has 0 aliphatic heterocycles. The second-order valence-corrected chi connectivity index (χ2v) is 4.52.